The number of nitrogens with one attached hydrogen (secondary N) is 1. The Labute approximate surface area is 118 Å². The molecule has 4 nitrogen and oxygen atoms in total. The maximum Gasteiger partial charge on any atom is 0.354 e. The lowest BCUT2D eigenvalue weighted by Crippen LogP contribution is -2.20. The van der Waals surface area contributed by atoms with Gasteiger partial charge in [-0.05, 0) is 56.1 Å². The van der Waals surface area contributed by atoms with Gasteiger partial charge in [-0.15, -0.1) is 0 Å². The normalized spacial score (nSPS) is 19.7. The van der Waals surface area contributed by atoms with Crippen molar-refractivity contribution in [3.8, 4) is 0 Å². The van der Waals surface area contributed by atoms with E-state index in [1.807, 2.05) is 6.07 Å². The number of ether oxygens (including phenoxy) is 1. The van der Waals surface area contributed by atoms with Crippen LogP contribution in [0.1, 0.15) is 60.3 Å². The Kier molecular flexibility index (Phi) is 3.90. The molecule has 0 aromatic carbocycles. The van der Waals surface area contributed by atoms with Crippen LogP contribution in [0.15, 0.2) is 6.07 Å². The number of carbonyl (C=O) groups is 2. The zero-order chi connectivity index (χ0) is 13.9. The summed E-state index contributed by atoms with van der Waals surface area (Å²) in [6.07, 6.45) is 7.48. The summed E-state index contributed by atoms with van der Waals surface area (Å²) in [5, 5.41) is 0. The summed E-state index contributed by atoms with van der Waals surface area (Å²) in [6, 6.07) is 1.95. The van der Waals surface area contributed by atoms with Crippen LogP contribution in [0.3, 0.4) is 0 Å². The Bertz CT molecular complexity index is 484. The number of fused-ring (bicyclic) bond motifs is 1. The number of aromatic nitrogens is 1. The highest BCUT2D eigenvalue weighted by Gasteiger charge is 2.22. The molecule has 1 aromatic rings. The van der Waals surface area contributed by atoms with Crippen LogP contribution >= 0.6 is 0 Å². The van der Waals surface area contributed by atoms with E-state index >= 15 is 0 Å². The maximum atomic E-state index is 12.0. The van der Waals surface area contributed by atoms with Crippen molar-refractivity contribution in [2.24, 2.45) is 5.92 Å². The van der Waals surface area contributed by atoms with Crippen molar-refractivity contribution >= 4 is 11.8 Å². The lowest BCUT2D eigenvalue weighted by molar-refractivity contribution is -0.121. The average molecular weight is 275 g/mol. The number of aromatic amines is 1. The number of H-pyrrole nitrogens is 1. The molecule has 1 fully saturated rings. The Morgan fingerprint density at radius 3 is 2.70 bits per heavy atom. The van der Waals surface area contributed by atoms with Gasteiger partial charge < -0.3 is 9.72 Å². The first kappa shape index (κ1) is 13.4. The van der Waals surface area contributed by atoms with Gasteiger partial charge >= 0.3 is 5.97 Å². The predicted molar refractivity (Wildman–Crippen MR) is 74.7 cm³/mol. The van der Waals surface area contributed by atoms with Crippen LogP contribution in [0.4, 0.5) is 0 Å². The van der Waals surface area contributed by atoms with Crippen molar-refractivity contribution in [3.05, 3.63) is 23.0 Å². The molecule has 0 saturated heterocycles. The van der Waals surface area contributed by atoms with Crippen LogP contribution in [0.25, 0.3) is 0 Å². The van der Waals surface area contributed by atoms with Crippen LogP contribution in [0, 0.1) is 5.92 Å². The molecule has 0 spiro atoms. The number of carbonyl (C=O) groups excluding carboxylic acids is 2. The van der Waals surface area contributed by atoms with Crippen molar-refractivity contribution < 1.29 is 14.3 Å². The SMILES string of the molecule is O=C1CCC(COC(=O)c2cc3c([nH]2)CCCC3)CC1. The molecular formula is C16H21NO3. The summed E-state index contributed by atoms with van der Waals surface area (Å²) in [4.78, 5) is 26.4. The third-order valence-corrected chi connectivity index (χ3v) is 4.45. The zero-order valence-corrected chi connectivity index (χ0v) is 11.7. The van der Waals surface area contributed by atoms with Crippen molar-refractivity contribution in [2.75, 3.05) is 6.61 Å². The fourth-order valence-electron chi connectivity index (χ4n) is 3.15. The molecule has 108 valence electrons. The third kappa shape index (κ3) is 2.94. The minimum Gasteiger partial charge on any atom is -0.461 e. The minimum atomic E-state index is -0.253. The topological polar surface area (TPSA) is 59.2 Å². The molecule has 0 unspecified atom stereocenters. The lowest BCUT2D eigenvalue weighted by Gasteiger charge is -2.20. The zero-order valence-electron chi connectivity index (χ0n) is 11.7. The molecule has 2 aliphatic rings. The largest absolute Gasteiger partial charge is 0.461 e. The Morgan fingerprint density at radius 1 is 1.20 bits per heavy atom. The fourth-order valence-corrected chi connectivity index (χ4v) is 3.15. The van der Waals surface area contributed by atoms with Gasteiger partial charge in [0.15, 0.2) is 0 Å². The summed E-state index contributed by atoms with van der Waals surface area (Å²) < 4.78 is 5.40. The van der Waals surface area contributed by atoms with Gasteiger partial charge in [-0.25, -0.2) is 4.79 Å². The number of ketones is 1. The van der Waals surface area contributed by atoms with Crippen molar-refractivity contribution in [2.45, 2.75) is 51.4 Å². The van der Waals surface area contributed by atoms with E-state index in [2.05, 4.69) is 4.98 Å². The molecule has 20 heavy (non-hydrogen) atoms. The molecule has 3 rings (SSSR count). The van der Waals surface area contributed by atoms with Gasteiger partial charge in [-0.1, -0.05) is 0 Å². The van der Waals surface area contributed by atoms with E-state index in [0.29, 0.717) is 36.8 Å². The van der Waals surface area contributed by atoms with Gasteiger partial charge in [-0.2, -0.15) is 0 Å². The second kappa shape index (κ2) is 5.81. The first-order chi connectivity index (χ1) is 9.72. The fraction of sp³-hybridized carbons (Fsp3) is 0.625. The van der Waals surface area contributed by atoms with Crippen LogP contribution in [-0.2, 0) is 22.4 Å². The average Bonchev–Trinajstić information content (AvgIpc) is 2.90. The monoisotopic (exact) mass is 275 g/mol. The highest BCUT2D eigenvalue weighted by Crippen LogP contribution is 2.24. The molecule has 2 aliphatic carbocycles. The smallest absolute Gasteiger partial charge is 0.354 e. The molecule has 1 N–H and O–H groups in total. The van der Waals surface area contributed by atoms with Gasteiger partial charge in [0.25, 0.3) is 0 Å². The number of Topliss-reactive ketones (excluding diaryl/α,β-unsaturated/α-hetero) is 1. The molecule has 1 saturated carbocycles. The number of rotatable bonds is 3. The second-order valence-corrected chi connectivity index (χ2v) is 5.97. The van der Waals surface area contributed by atoms with E-state index in [-0.39, 0.29) is 5.97 Å². The van der Waals surface area contributed by atoms with Gasteiger partial charge in [0.1, 0.15) is 11.5 Å². The number of hydrogen-bond donors (Lipinski definition) is 1. The van der Waals surface area contributed by atoms with Crippen molar-refractivity contribution in [1.29, 1.82) is 0 Å². The van der Waals surface area contributed by atoms with Gasteiger partial charge in [-0.3, -0.25) is 4.79 Å². The van der Waals surface area contributed by atoms with Crippen molar-refractivity contribution in [3.63, 3.8) is 0 Å². The first-order valence-electron chi connectivity index (χ1n) is 7.62. The van der Waals surface area contributed by atoms with Crippen LogP contribution in [0.2, 0.25) is 0 Å². The molecule has 0 amide bonds. The second-order valence-electron chi connectivity index (χ2n) is 5.97. The van der Waals surface area contributed by atoms with Crippen LogP contribution in [-0.4, -0.2) is 23.3 Å². The molecule has 1 aromatic heterocycles. The Balaban J connectivity index is 1.54. The summed E-state index contributed by atoms with van der Waals surface area (Å²) in [6.45, 7) is 0.440. The van der Waals surface area contributed by atoms with E-state index < -0.39 is 0 Å². The van der Waals surface area contributed by atoms with Gasteiger partial charge in [0.2, 0.25) is 0 Å². The molecule has 0 aliphatic heterocycles. The van der Waals surface area contributed by atoms with E-state index in [0.717, 1.165) is 25.7 Å². The van der Waals surface area contributed by atoms with Gasteiger partial charge in [0.05, 0.1) is 6.61 Å². The molecule has 0 atom stereocenters. The lowest BCUT2D eigenvalue weighted by atomic mass is 9.89. The van der Waals surface area contributed by atoms with Crippen LogP contribution in [0.5, 0.6) is 0 Å². The van der Waals surface area contributed by atoms with Crippen LogP contribution < -0.4 is 0 Å². The van der Waals surface area contributed by atoms with E-state index in [9.17, 15) is 9.59 Å². The molecule has 4 heteroatoms. The number of hydrogen-bond acceptors (Lipinski definition) is 3. The number of esters is 1. The molecular weight excluding hydrogens is 254 g/mol. The minimum absolute atomic E-state index is 0.253. The van der Waals surface area contributed by atoms with Crippen molar-refractivity contribution in [1.82, 2.24) is 4.98 Å². The standard InChI is InChI=1S/C16H21NO3/c18-13-7-5-11(6-8-13)10-20-16(19)15-9-12-3-1-2-4-14(12)17-15/h9,11,17H,1-8,10H2. The molecule has 1 heterocycles. The Morgan fingerprint density at radius 2 is 1.95 bits per heavy atom. The quantitative estimate of drug-likeness (QED) is 0.863. The molecule has 0 bridgehead atoms. The summed E-state index contributed by atoms with van der Waals surface area (Å²) >= 11 is 0. The summed E-state index contributed by atoms with van der Waals surface area (Å²) in [7, 11) is 0. The first-order valence-corrected chi connectivity index (χ1v) is 7.62. The Hall–Kier alpha value is -1.58. The number of aryl methyl sites for hydroxylation is 2. The molecule has 0 radical (unpaired) electrons. The highest BCUT2D eigenvalue weighted by molar-refractivity contribution is 5.88. The van der Waals surface area contributed by atoms with E-state index in [4.69, 9.17) is 4.74 Å². The maximum absolute atomic E-state index is 12.0. The predicted octanol–water partition coefficient (Wildman–Crippen LogP) is 2.81. The third-order valence-electron chi connectivity index (χ3n) is 4.45. The summed E-state index contributed by atoms with van der Waals surface area (Å²) in [5.41, 5.74) is 3.06. The van der Waals surface area contributed by atoms with Gasteiger partial charge in [0, 0.05) is 18.5 Å². The summed E-state index contributed by atoms with van der Waals surface area (Å²) in [5.74, 6) is 0.433. The highest BCUT2D eigenvalue weighted by atomic mass is 16.5. The van der Waals surface area contributed by atoms with E-state index in [1.54, 1.807) is 0 Å². The van der Waals surface area contributed by atoms with E-state index in [1.165, 1.54) is 24.1 Å².